The topological polar surface area (TPSA) is 70.7 Å². The Balaban J connectivity index is 1.51. The molecule has 1 heterocycles. The van der Waals surface area contributed by atoms with Gasteiger partial charge in [-0.2, -0.15) is 0 Å². The molecule has 0 spiro atoms. The van der Waals surface area contributed by atoms with E-state index < -0.39 is 0 Å². The SMILES string of the molecule is O=C(Nc1ccc2c(c1)N(Cc1ccccc1F)C(=O)CO2)NC1CCCCC1. The predicted molar refractivity (Wildman–Crippen MR) is 109 cm³/mol. The van der Waals surface area contributed by atoms with Crippen LogP contribution in [0.4, 0.5) is 20.6 Å². The molecule has 2 aromatic carbocycles. The van der Waals surface area contributed by atoms with Gasteiger partial charge in [0.1, 0.15) is 11.6 Å². The summed E-state index contributed by atoms with van der Waals surface area (Å²) in [6, 6.07) is 11.4. The van der Waals surface area contributed by atoms with Crippen molar-refractivity contribution < 1.29 is 18.7 Å². The van der Waals surface area contributed by atoms with E-state index in [0.717, 1.165) is 25.7 Å². The maximum absolute atomic E-state index is 14.1. The monoisotopic (exact) mass is 397 g/mol. The van der Waals surface area contributed by atoms with E-state index in [9.17, 15) is 14.0 Å². The lowest BCUT2D eigenvalue weighted by Crippen LogP contribution is -2.39. The molecular formula is C22H24FN3O3. The van der Waals surface area contributed by atoms with Crippen LogP contribution in [0.1, 0.15) is 37.7 Å². The first-order chi connectivity index (χ1) is 14.1. The first-order valence-electron chi connectivity index (χ1n) is 9.98. The van der Waals surface area contributed by atoms with Crippen LogP contribution in [-0.2, 0) is 11.3 Å². The molecule has 2 aromatic rings. The highest BCUT2D eigenvalue weighted by molar-refractivity contribution is 5.99. The number of urea groups is 1. The fourth-order valence-corrected chi connectivity index (χ4v) is 3.85. The summed E-state index contributed by atoms with van der Waals surface area (Å²) in [5, 5.41) is 5.84. The number of hydrogen-bond acceptors (Lipinski definition) is 3. The fourth-order valence-electron chi connectivity index (χ4n) is 3.85. The minimum absolute atomic E-state index is 0.0968. The number of benzene rings is 2. The second-order valence-corrected chi connectivity index (χ2v) is 7.48. The Kier molecular flexibility index (Phi) is 5.64. The maximum atomic E-state index is 14.1. The van der Waals surface area contributed by atoms with E-state index in [2.05, 4.69) is 10.6 Å². The molecule has 1 saturated carbocycles. The van der Waals surface area contributed by atoms with Gasteiger partial charge in [-0.1, -0.05) is 37.5 Å². The Hall–Kier alpha value is -3.09. The summed E-state index contributed by atoms with van der Waals surface area (Å²) in [5.41, 5.74) is 1.48. The van der Waals surface area contributed by atoms with Crippen LogP contribution in [0.15, 0.2) is 42.5 Å². The van der Waals surface area contributed by atoms with Gasteiger partial charge in [0.25, 0.3) is 5.91 Å². The van der Waals surface area contributed by atoms with Crippen molar-refractivity contribution in [2.24, 2.45) is 0 Å². The molecule has 0 aromatic heterocycles. The Labute approximate surface area is 169 Å². The van der Waals surface area contributed by atoms with Crippen LogP contribution < -0.4 is 20.3 Å². The molecular weight excluding hydrogens is 373 g/mol. The molecule has 3 amide bonds. The number of amides is 3. The zero-order valence-corrected chi connectivity index (χ0v) is 16.1. The molecule has 0 atom stereocenters. The molecule has 2 aliphatic rings. The van der Waals surface area contributed by atoms with E-state index in [1.807, 2.05) is 0 Å². The standard InChI is InChI=1S/C22H24FN3O3/c23-18-9-5-4-6-15(18)13-26-19-12-17(10-11-20(19)29-14-21(26)27)25-22(28)24-16-7-2-1-3-8-16/h4-6,9-12,16H,1-3,7-8,13-14H2,(H2,24,25,28). The van der Waals surface area contributed by atoms with Crippen molar-refractivity contribution in [1.29, 1.82) is 0 Å². The molecule has 7 heteroatoms. The minimum atomic E-state index is -0.366. The van der Waals surface area contributed by atoms with E-state index in [-0.39, 0.29) is 36.9 Å². The van der Waals surface area contributed by atoms with Crippen LogP contribution in [0, 0.1) is 5.82 Å². The quantitative estimate of drug-likeness (QED) is 0.812. The van der Waals surface area contributed by atoms with Crippen molar-refractivity contribution in [3.05, 3.63) is 53.8 Å². The Bertz CT molecular complexity index is 912. The van der Waals surface area contributed by atoms with Crippen LogP contribution in [0.3, 0.4) is 0 Å². The van der Waals surface area contributed by atoms with Crippen LogP contribution in [0.5, 0.6) is 5.75 Å². The normalized spacial score (nSPS) is 16.7. The fraction of sp³-hybridized carbons (Fsp3) is 0.364. The van der Waals surface area contributed by atoms with Crippen molar-refractivity contribution in [3.8, 4) is 5.75 Å². The van der Waals surface area contributed by atoms with Crippen LogP contribution in [0.2, 0.25) is 0 Å². The van der Waals surface area contributed by atoms with Gasteiger partial charge < -0.3 is 20.3 Å². The molecule has 0 radical (unpaired) electrons. The Morgan fingerprint density at radius 1 is 1.14 bits per heavy atom. The molecule has 0 unspecified atom stereocenters. The summed E-state index contributed by atoms with van der Waals surface area (Å²) >= 11 is 0. The van der Waals surface area contributed by atoms with Gasteiger partial charge >= 0.3 is 6.03 Å². The number of hydrogen-bond donors (Lipinski definition) is 2. The summed E-state index contributed by atoms with van der Waals surface area (Å²) in [5.74, 6) is -0.0989. The molecule has 152 valence electrons. The van der Waals surface area contributed by atoms with Gasteiger partial charge in [-0.3, -0.25) is 4.79 Å². The average Bonchev–Trinajstić information content (AvgIpc) is 2.72. The summed E-state index contributed by atoms with van der Waals surface area (Å²) in [6.07, 6.45) is 5.48. The molecule has 4 rings (SSSR count). The first-order valence-corrected chi connectivity index (χ1v) is 9.98. The molecule has 0 bridgehead atoms. The minimum Gasteiger partial charge on any atom is -0.482 e. The van der Waals surface area contributed by atoms with Gasteiger partial charge in [-0.05, 0) is 37.1 Å². The van der Waals surface area contributed by atoms with Crippen LogP contribution in [-0.4, -0.2) is 24.6 Å². The lowest BCUT2D eigenvalue weighted by Gasteiger charge is -2.30. The summed E-state index contributed by atoms with van der Waals surface area (Å²) in [4.78, 5) is 26.3. The molecule has 1 aliphatic heterocycles. The third-order valence-electron chi connectivity index (χ3n) is 5.39. The predicted octanol–water partition coefficient (Wildman–Crippen LogP) is 4.21. The van der Waals surface area contributed by atoms with Crippen molar-refractivity contribution in [1.82, 2.24) is 5.32 Å². The number of carbonyl (C=O) groups excluding carboxylic acids is 2. The molecule has 6 nitrogen and oxygen atoms in total. The van der Waals surface area contributed by atoms with Gasteiger partial charge in [0, 0.05) is 17.3 Å². The van der Waals surface area contributed by atoms with Crippen molar-refractivity contribution in [3.63, 3.8) is 0 Å². The van der Waals surface area contributed by atoms with Gasteiger partial charge in [-0.25, -0.2) is 9.18 Å². The summed E-state index contributed by atoms with van der Waals surface area (Å²) < 4.78 is 19.6. The summed E-state index contributed by atoms with van der Waals surface area (Å²) in [7, 11) is 0. The number of halogens is 1. The third-order valence-corrected chi connectivity index (χ3v) is 5.39. The van der Waals surface area contributed by atoms with Gasteiger partial charge in [0.05, 0.1) is 12.2 Å². The highest BCUT2D eigenvalue weighted by Crippen LogP contribution is 2.35. The van der Waals surface area contributed by atoms with E-state index >= 15 is 0 Å². The number of carbonyl (C=O) groups is 2. The average molecular weight is 397 g/mol. The van der Waals surface area contributed by atoms with Crippen molar-refractivity contribution in [2.45, 2.75) is 44.7 Å². The second-order valence-electron chi connectivity index (χ2n) is 7.48. The number of rotatable bonds is 4. The zero-order valence-electron chi connectivity index (χ0n) is 16.1. The van der Waals surface area contributed by atoms with Crippen molar-refractivity contribution in [2.75, 3.05) is 16.8 Å². The smallest absolute Gasteiger partial charge is 0.319 e. The third kappa shape index (κ3) is 4.50. The molecule has 1 aliphatic carbocycles. The maximum Gasteiger partial charge on any atom is 0.319 e. The number of anilines is 2. The number of nitrogens with one attached hydrogen (secondary N) is 2. The number of fused-ring (bicyclic) bond motifs is 1. The molecule has 0 saturated heterocycles. The largest absolute Gasteiger partial charge is 0.482 e. The Morgan fingerprint density at radius 2 is 1.93 bits per heavy atom. The highest BCUT2D eigenvalue weighted by atomic mass is 19.1. The number of nitrogens with zero attached hydrogens (tertiary/aromatic N) is 1. The molecule has 29 heavy (non-hydrogen) atoms. The first kappa shape index (κ1) is 19.2. The lowest BCUT2D eigenvalue weighted by molar-refractivity contribution is -0.121. The highest BCUT2D eigenvalue weighted by Gasteiger charge is 2.27. The van der Waals surface area contributed by atoms with Gasteiger partial charge in [0.2, 0.25) is 0 Å². The van der Waals surface area contributed by atoms with E-state index in [1.54, 1.807) is 36.4 Å². The van der Waals surface area contributed by atoms with Crippen molar-refractivity contribution >= 4 is 23.3 Å². The Morgan fingerprint density at radius 3 is 2.72 bits per heavy atom. The lowest BCUT2D eigenvalue weighted by atomic mass is 9.96. The van der Waals surface area contributed by atoms with Gasteiger partial charge in [-0.15, -0.1) is 0 Å². The molecule has 1 fully saturated rings. The summed E-state index contributed by atoms with van der Waals surface area (Å²) in [6.45, 7) is -0.00398. The zero-order chi connectivity index (χ0) is 20.2. The van der Waals surface area contributed by atoms with Crippen LogP contribution >= 0.6 is 0 Å². The van der Waals surface area contributed by atoms with Crippen LogP contribution in [0.25, 0.3) is 0 Å². The number of ether oxygens (including phenoxy) is 1. The van der Waals surface area contributed by atoms with E-state index in [1.165, 1.54) is 17.4 Å². The molecule has 2 N–H and O–H groups in total. The van der Waals surface area contributed by atoms with Gasteiger partial charge in [0.15, 0.2) is 6.61 Å². The van der Waals surface area contributed by atoms with E-state index in [4.69, 9.17) is 4.74 Å². The van der Waals surface area contributed by atoms with E-state index in [0.29, 0.717) is 22.7 Å². The second kappa shape index (κ2) is 8.51.